The molecule has 0 radical (unpaired) electrons. The van der Waals surface area contributed by atoms with Gasteiger partial charge >= 0.3 is 0 Å². The number of aromatic nitrogens is 3. The lowest BCUT2D eigenvalue weighted by Gasteiger charge is -2.21. The fraction of sp³-hybridized carbons (Fsp3) is 0.714. The first-order valence-corrected chi connectivity index (χ1v) is 4.03. The maximum atomic E-state index is 4.11. The van der Waals surface area contributed by atoms with Gasteiger partial charge < -0.3 is 5.32 Å². The van der Waals surface area contributed by atoms with Crippen LogP contribution in [0.4, 0.5) is 0 Å². The molecule has 0 aromatic carbocycles. The first-order valence-electron chi connectivity index (χ1n) is 4.03. The second-order valence-electron chi connectivity index (χ2n) is 2.85. The topological polar surface area (TPSA) is 42.7 Å². The molecule has 60 valence electrons. The van der Waals surface area contributed by atoms with Crippen molar-refractivity contribution in [2.24, 2.45) is 0 Å². The molecular formula is C7H12N4. The molecular weight excluding hydrogens is 140 g/mol. The molecule has 0 unspecified atom stereocenters. The maximum absolute atomic E-state index is 4.11. The Hall–Kier alpha value is -0.900. The lowest BCUT2D eigenvalue weighted by atomic mass is 10.1. The van der Waals surface area contributed by atoms with Gasteiger partial charge in [0, 0.05) is 6.54 Å². The highest BCUT2D eigenvalue weighted by Crippen LogP contribution is 2.12. The van der Waals surface area contributed by atoms with Gasteiger partial charge in [0.05, 0.1) is 18.4 Å². The third-order valence-electron chi connectivity index (χ3n) is 2.03. The first kappa shape index (κ1) is 6.79. The third kappa shape index (κ3) is 1.40. The van der Waals surface area contributed by atoms with Crippen LogP contribution in [-0.4, -0.2) is 28.1 Å². The highest BCUT2D eigenvalue weighted by atomic mass is 15.5. The zero-order chi connectivity index (χ0) is 7.52. The van der Waals surface area contributed by atoms with E-state index in [0.29, 0.717) is 6.04 Å². The summed E-state index contributed by atoms with van der Waals surface area (Å²) < 4.78 is 0. The number of rotatable bonds is 1. The smallest absolute Gasteiger partial charge is 0.0840 e. The SMILES string of the molecule is c1cnn([C@@H]2CCCNC2)n1. The number of hydrogen-bond donors (Lipinski definition) is 1. The molecule has 0 bridgehead atoms. The van der Waals surface area contributed by atoms with Gasteiger partial charge in [-0.15, -0.1) is 0 Å². The average Bonchev–Trinajstić information content (AvgIpc) is 2.58. The van der Waals surface area contributed by atoms with Crippen molar-refractivity contribution in [3.63, 3.8) is 0 Å². The van der Waals surface area contributed by atoms with Crippen molar-refractivity contribution in [2.45, 2.75) is 18.9 Å². The van der Waals surface area contributed by atoms with Crippen molar-refractivity contribution in [2.75, 3.05) is 13.1 Å². The highest BCUT2D eigenvalue weighted by Gasteiger charge is 2.14. The van der Waals surface area contributed by atoms with E-state index in [4.69, 9.17) is 0 Å². The van der Waals surface area contributed by atoms with Gasteiger partial charge in [0.2, 0.25) is 0 Å². The zero-order valence-electron chi connectivity index (χ0n) is 6.40. The second kappa shape index (κ2) is 3.00. The summed E-state index contributed by atoms with van der Waals surface area (Å²) in [6.07, 6.45) is 5.89. The Morgan fingerprint density at radius 2 is 2.18 bits per heavy atom. The quantitative estimate of drug-likeness (QED) is 0.625. The second-order valence-corrected chi connectivity index (χ2v) is 2.85. The minimum absolute atomic E-state index is 0.471. The van der Waals surface area contributed by atoms with Gasteiger partial charge in [-0.05, 0) is 19.4 Å². The molecule has 4 nitrogen and oxygen atoms in total. The number of piperidine rings is 1. The van der Waals surface area contributed by atoms with Crippen molar-refractivity contribution >= 4 is 0 Å². The summed E-state index contributed by atoms with van der Waals surface area (Å²) in [7, 11) is 0. The largest absolute Gasteiger partial charge is 0.315 e. The highest BCUT2D eigenvalue weighted by molar-refractivity contribution is 4.73. The molecule has 1 atom stereocenters. The molecule has 2 rings (SSSR count). The molecule has 1 aromatic rings. The van der Waals surface area contributed by atoms with Crippen LogP contribution in [0.5, 0.6) is 0 Å². The molecule has 0 aliphatic carbocycles. The Kier molecular flexibility index (Phi) is 1.85. The minimum Gasteiger partial charge on any atom is -0.315 e. The Bertz CT molecular complexity index is 200. The van der Waals surface area contributed by atoms with Gasteiger partial charge in [0.15, 0.2) is 0 Å². The van der Waals surface area contributed by atoms with E-state index in [1.165, 1.54) is 12.8 Å². The predicted octanol–water partition coefficient (Wildman–Crippen LogP) is 0.203. The summed E-state index contributed by atoms with van der Waals surface area (Å²) in [6.45, 7) is 2.15. The Labute approximate surface area is 65.6 Å². The summed E-state index contributed by atoms with van der Waals surface area (Å²) >= 11 is 0. The zero-order valence-corrected chi connectivity index (χ0v) is 6.40. The van der Waals surface area contributed by atoms with Gasteiger partial charge in [-0.2, -0.15) is 15.0 Å². The molecule has 0 amide bonds. The molecule has 0 spiro atoms. The Morgan fingerprint density at radius 3 is 2.82 bits per heavy atom. The van der Waals surface area contributed by atoms with Crippen LogP contribution in [0.3, 0.4) is 0 Å². The van der Waals surface area contributed by atoms with Crippen molar-refractivity contribution < 1.29 is 0 Å². The molecule has 1 aliphatic rings. The summed E-state index contributed by atoms with van der Waals surface area (Å²) in [6, 6.07) is 0.471. The van der Waals surface area contributed by atoms with Crippen molar-refractivity contribution in [1.82, 2.24) is 20.3 Å². The van der Waals surface area contributed by atoms with Crippen LogP contribution in [0.1, 0.15) is 18.9 Å². The van der Waals surface area contributed by atoms with E-state index in [0.717, 1.165) is 13.1 Å². The molecule has 2 heterocycles. The molecule has 0 saturated carbocycles. The monoisotopic (exact) mass is 152 g/mol. The predicted molar refractivity (Wildman–Crippen MR) is 41.2 cm³/mol. The van der Waals surface area contributed by atoms with E-state index in [1.807, 2.05) is 0 Å². The number of hydrogen-bond acceptors (Lipinski definition) is 3. The number of nitrogens with zero attached hydrogens (tertiary/aromatic N) is 3. The molecule has 1 N–H and O–H groups in total. The molecule has 11 heavy (non-hydrogen) atoms. The van der Waals surface area contributed by atoms with Crippen LogP contribution in [0, 0.1) is 0 Å². The average molecular weight is 152 g/mol. The van der Waals surface area contributed by atoms with Crippen LogP contribution < -0.4 is 5.32 Å². The molecule has 1 aliphatic heterocycles. The van der Waals surface area contributed by atoms with Crippen LogP contribution in [0.25, 0.3) is 0 Å². The normalized spacial score (nSPS) is 25.3. The van der Waals surface area contributed by atoms with E-state index in [1.54, 1.807) is 17.2 Å². The Morgan fingerprint density at radius 1 is 1.36 bits per heavy atom. The number of nitrogens with one attached hydrogen (secondary N) is 1. The van der Waals surface area contributed by atoms with Crippen LogP contribution >= 0.6 is 0 Å². The minimum atomic E-state index is 0.471. The van der Waals surface area contributed by atoms with E-state index < -0.39 is 0 Å². The lowest BCUT2D eigenvalue weighted by molar-refractivity contribution is 0.317. The molecule has 4 heteroatoms. The van der Waals surface area contributed by atoms with Gasteiger partial charge in [0.1, 0.15) is 0 Å². The van der Waals surface area contributed by atoms with E-state index in [2.05, 4.69) is 15.5 Å². The third-order valence-corrected chi connectivity index (χ3v) is 2.03. The van der Waals surface area contributed by atoms with Crippen LogP contribution in [0.15, 0.2) is 12.4 Å². The van der Waals surface area contributed by atoms with Gasteiger partial charge in [0.25, 0.3) is 0 Å². The van der Waals surface area contributed by atoms with Crippen molar-refractivity contribution in [1.29, 1.82) is 0 Å². The summed E-state index contributed by atoms with van der Waals surface area (Å²) in [4.78, 5) is 1.80. The van der Waals surface area contributed by atoms with Crippen molar-refractivity contribution in [3.05, 3.63) is 12.4 Å². The lowest BCUT2D eigenvalue weighted by Crippen LogP contribution is -2.32. The first-order chi connectivity index (χ1) is 5.47. The van der Waals surface area contributed by atoms with Gasteiger partial charge in [-0.25, -0.2) is 0 Å². The van der Waals surface area contributed by atoms with E-state index in [-0.39, 0.29) is 0 Å². The van der Waals surface area contributed by atoms with Crippen LogP contribution in [0.2, 0.25) is 0 Å². The molecule has 1 saturated heterocycles. The van der Waals surface area contributed by atoms with Crippen LogP contribution in [-0.2, 0) is 0 Å². The van der Waals surface area contributed by atoms with Crippen molar-refractivity contribution in [3.8, 4) is 0 Å². The molecule has 1 aromatic heterocycles. The summed E-state index contributed by atoms with van der Waals surface area (Å²) in [5.74, 6) is 0. The summed E-state index contributed by atoms with van der Waals surface area (Å²) in [5.41, 5.74) is 0. The Balaban J connectivity index is 2.04. The fourth-order valence-electron chi connectivity index (χ4n) is 1.45. The fourth-order valence-corrected chi connectivity index (χ4v) is 1.45. The summed E-state index contributed by atoms with van der Waals surface area (Å²) in [5, 5.41) is 11.5. The van der Waals surface area contributed by atoms with E-state index >= 15 is 0 Å². The van der Waals surface area contributed by atoms with E-state index in [9.17, 15) is 0 Å². The maximum Gasteiger partial charge on any atom is 0.0840 e. The van der Waals surface area contributed by atoms with Gasteiger partial charge in [-0.1, -0.05) is 0 Å². The standard InChI is InChI=1S/C7H12N4/c1-2-7(6-8-3-1)11-9-4-5-10-11/h4-5,7-8H,1-3,6H2/t7-/m1/s1. The van der Waals surface area contributed by atoms with Gasteiger partial charge in [-0.3, -0.25) is 0 Å². The molecule has 1 fully saturated rings.